The molecule has 0 saturated carbocycles. The van der Waals surface area contributed by atoms with Crippen LogP contribution in [-0.4, -0.2) is 14.0 Å². The van der Waals surface area contributed by atoms with Gasteiger partial charge in [0.15, 0.2) is 6.10 Å². The minimum absolute atomic E-state index is 0.299. The van der Waals surface area contributed by atoms with E-state index in [1.54, 1.807) is 12.1 Å². The highest BCUT2D eigenvalue weighted by Crippen LogP contribution is 2.21. The average Bonchev–Trinajstić information content (AvgIpc) is 2.57. The molecule has 0 aliphatic rings. The van der Waals surface area contributed by atoms with Crippen LogP contribution in [0.25, 0.3) is 0 Å². The van der Waals surface area contributed by atoms with Gasteiger partial charge in [-0.3, -0.25) is 4.79 Å². The van der Waals surface area contributed by atoms with Gasteiger partial charge in [0.25, 0.3) is 0 Å². The molecule has 0 bridgehead atoms. The molecular formula is C22H21FO2Si. The van der Waals surface area contributed by atoms with Crippen molar-refractivity contribution in [2.45, 2.75) is 32.7 Å². The molecule has 0 radical (unpaired) electrons. The second kappa shape index (κ2) is 8.51. The first-order chi connectivity index (χ1) is 12.2. The first kappa shape index (κ1) is 19.5. The molecule has 4 heteroatoms. The SMILES string of the molecule is CC(=O)OC(C#C[Si](C)(C)C)c1ccccc1C#Cc1ccc(F)cc1. The van der Waals surface area contributed by atoms with E-state index in [0.29, 0.717) is 5.56 Å². The van der Waals surface area contributed by atoms with E-state index in [2.05, 4.69) is 42.9 Å². The van der Waals surface area contributed by atoms with Crippen LogP contribution in [0.2, 0.25) is 19.6 Å². The standard InChI is InChI=1S/C22H21FO2Si/c1-17(24)25-22(15-16-26(2,3)4)21-8-6-5-7-19(21)12-9-18-10-13-20(23)14-11-18/h5-8,10-11,13-14,22H,1-4H3. The van der Waals surface area contributed by atoms with Gasteiger partial charge in [0.2, 0.25) is 0 Å². The van der Waals surface area contributed by atoms with Crippen molar-refractivity contribution < 1.29 is 13.9 Å². The monoisotopic (exact) mass is 364 g/mol. The Kier molecular flexibility index (Phi) is 6.39. The summed E-state index contributed by atoms with van der Waals surface area (Å²) in [5.74, 6) is 8.51. The van der Waals surface area contributed by atoms with Gasteiger partial charge in [-0.2, -0.15) is 0 Å². The van der Waals surface area contributed by atoms with Crippen LogP contribution in [0.5, 0.6) is 0 Å². The Labute approximate surface area is 155 Å². The van der Waals surface area contributed by atoms with E-state index in [1.807, 2.05) is 24.3 Å². The maximum Gasteiger partial charge on any atom is 0.304 e. The molecule has 2 aromatic rings. The summed E-state index contributed by atoms with van der Waals surface area (Å²) in [6.45, 7) is 7.76. The fourth-order valence-electron chi connectivity index (χ4n) is 2.13. The van der Waals surface area contributed by atoms with Gasteiger partial charge in [-0.1, -0.05) is 55.6 Å². The van der Waals surface area contributed by atoms with Crippen LogP contribution in [0.15, 0.2) is 48.5 Å². The van der Waals surface area contributed by atoms with Crippen molar-refractivity contribution in [2.24, 2.45) is 0 Å². The summed E-state index contributed by atoms with van der Waals surface area (Å²) in [6, 6.07) is 13.5. The zero-order valence-electron chi connectivity index (χ0n) is 15.4. The highest BCUT2D eigenvalue weighted by molar-refractivity contribution is 6.83. The molecule has 0 saturated heterocycles. The predicted octanol–water partition coefficient (Wildman–Crippen LogP) is 4.71. The van der Waals surface area contributed by atoms with Crippen molar-refractivity contribution >= 4 is 14.0 Å². The van der Waals surface area contributed by atoms with Gasteiger partial charge in [-0.25, -0.2) is 4.39 Å². The lowest BCUT2D eigenvalue weighted by Gasteiger charge is -2.14. The number of hydrogen-bond acceptors (Lipinski definition) is 2. The summed E-state index contributed by atoms with van der Waals surface area (Å²) in [4.78, 5) is 11.5. The predicted molar refractivity (Wildman–Crippen MR) is 104 cm³/mol. The number of ether oxygens (including phenoxy) is 1. The third kappa shape index (κ3) is 6.24. The Morgan fingerprint density at radius 2 is 1.69 bits per heavy atom. The largest absolute Gasteiger partial charge is 0.444 e. The molecule has 132 valence electrons. The van der Waals surface area contributed by atoms with Crippen LogP contribution in [0, 0.1) is 29.1 Å². The van der Waals surface area contributed by atoms with E-state index < -0.39 is 14.2 Å². The van der Waals surface area contributed by atoms with E-state index in [-0.39, 0.29) is 11.8 Å². The van der Waals surface area contributed by atoms with Crippen LogP contribution in [0.4, 0.5) is 4.39 Å². The number of halogens is 1. The van der Waals surface area contributed by atoms with E-state index in [0.717, 1.165) is 11.1 Å². The van der Waals surface area contributed by atoms with Gasteiger partial charge >= 0.3 is 5.97 Å². The van der Waals surface area contributed by atoms with Crippen molar-refractivity contribution in [1.82, 2.24) is 0 Å². The summed E-state index contributed by atoms with van der Waals surface area (Å²) < 4.78 is 18.4. The Bertz CT molecular complexity index is 903. The Hall–Kier alpha value is -2.82. The number of benzene rings is 2. The van der Waals surface area contributed by atoms with Gasteiger partial charge in [-0.15, -0.1) is 5.54 Å². The molecule has 2 nitrogen and oxygen atoms in total. The van der Waals surface area contributed by atoms with Crippen molar-refractivity contribution in [2.75, 3.05) is 0 Å². The van der Waals surface area contributed by atoms with E-state index in [9.17, 15) is 9.18 Å². The van der Waals surface area contributed by atoms with E-state index >= 15 is 0 Å². The Morgan fingerprint density at radius 3 is 2.31 bits per heavy atom. The summed E-state index contributed by atoms with van der Waals surface area (Å²) >= 11 is 0. The van der Waals surface area contributed by atoms with Crippen LogP contribution in [0.3, 0.4) is 0 Å². The minimum Gasteiger partial charge on any atom is -0.444 e. The molecular weight excluding hydrogens is 343 g/mol. The third-order valence-electron chi connectivity index (χ3n) is 3.29. The topological polar surface area (TPSA) is 26.3 Å². The molecule has 0 fully saturated rings. The summed E-state index contributed by atoms with van der Waals surface area (Å²) in [5, 5.41) is 0. The summed E-state index contributed by atoms with van der Waals surface area (Å²) in [6.07, 6.45) is -0.655. The molecule has 2 aromatic carbocycles. The minimum atomic E-state index is -1.62. The number of carbonyl (C=O) groups is 1. The maximum atomic E-state index is 13.0. The molecule has 1 unspecified atom stereocenters. The second-order valence-electron chi connectivity index (χ2n) is 6.85. The van der Waals surface area contributed by atoms with Gasteiger partial charge in [-0.05, 0) is 30.3 Å². The fourth-order valence-corrected chi connectivity index (χ4v) is 2.70. The molecule has 26 heavy (non-hydrogen) atoms. The number of esters is 1. The zero-order chi connectivity index (χ0) is 19.2. The third-order valence-corrected chi connectivity index (χ3v) is 4.19. The van der Waals surface area contributed by atoms with Crippen LogP contribution >= 0.6 is 0 Å². The van der Waals surface area contributed by atoms with Crippen LogP contribution in [0.1, 0.15) is 29.7 Å². The fraction of sp³-hybridized carbons (Fsp3) is 0.227. The molecule has 0 aliphatic carbocycles. The molecule has 0 aliphatic heterocycles. The molecule has 0 heterocycles. The van der Waals surface area contributed by atoms with Crippen molar-refractivity contribution in [3.63, 3.8) is 0 Å². The zero-order valence-corrected chi connectivity index (χ0v) is 16.4. The highest BCUT2D eigenvalue weighted by atomic mass is 28.3. The summed E-state index contributed by atoms with van der Waals surface area (Å²) in [7, 11) is -1.62. The average molecular weight is 364 g/mol. The smallest absolute Gasteiger partial charge is 0.304 e. The van der Waals surface area contributed by atoms with Crippen molar-refractivity contribution in [3.8, 4) is 23.3 Å². The van der Waals surface area contributed by atoms with E-state index in [1.165, 1.54) is 19.1 Å². The van der Waals surface area contributed by atoms with Crippen LogP contribution < -0.4 is 0 Å². The molecule has 0 N–H and O–H groups in total. The van der Waals surface area contributed by atoms with Gasteiger partial charge < -0.3 is 4.74 Å². The highest BCUT2D eigenvalue weighted by Gasteiger charge is 2.16. The lowest BCUT2D eigenvalue weighted by molar-refractivity contribution is -0.144. The molecule has 0 amide bonds. The number of hydrogen-bond donors (Lipinski definition) is 0. The Morgan fingerprint density at radius 1 is 1.04 bits per heavy atom. The Balaban J connectivity index is 2.42. The molecule has 0 spiro atoms. The first-order valence-corrected chi connectivity index (χ1v) is 11.8. The normalized spacial score (nSPS) is 11.4. The summed E-state index contributed by atoms with van der Waals surface area (Å²) in [5.41, 5.74) is 5.44. The molecule has 0 aromatic heterocycles. The maximum absolute atomic E-state index is 13.0. The van der Waals surface area contributed by atoms with E-state index in [4.69, 9.17) is 4.74 Å². The second-order valence-corrected chi connectivity index (χ2v) is 11.6. The molecule has 1 atom stereocenters. The van der Waals surface area contributed by atoms with Crippen molar-refractivity contribution in [3.05, 3.63) is 71.0 Å². The van der Waals surface area contributed by atoms with Gasteiger partial charge in [0.05, 0.1) is 0 Å². The first-order valence-electron chi connectivity index (χ1n) is 8.31. The molecule has 2 rings (SSSR count). The van der Waals surface area contributed by atoms with Crippen LogP contribution in [-0.2, 0) is 9.53 Å². The quantitative estimate of drug-likeness (QED) is 0.438. The van der Waals surface area contributed by atoms with Crippen molar-refractivity contribution in [1.29, 1.82) is 0 Å². The number of carbonyl (C=O) groups excluding carboxylic acids is 1. The lowest BCUT2D eigenvalue weighted by Crippen LogP contribution is -2.18. The lowest BCUT2D eigenvalue weighted by atomic mass is 10.0. The van der Waals surface area contributed by atoms with Gasteiger partial charge in [0, 0.05) is 23.6 Å². The van der Waals surface area contributed by atoms with Gasteiger partial charge in [0.1, 0.15) is 13.9 Å². The number of rotatable bonds is 2.